The Morgan fingerprint density at radius 3 is 2.67 bits per heavy atom. The van der Waals surface area contributed by atoms with Crippen LogP contribution in [0.1, 0.15) is 32.0 Å². The highest BCUT2D eigenvalue weighted by molar-refractivity contribution is 5.78. The molecule has 2 aromatic rings. The molecule has 21 heavy (non-hydrogen) atoms. The lowest BCUT2D eigenvalue weighted by atomic mass is 9.93. The van der Waals surface area contributed by atoms with E-state index in [9.17, 15) is 0 Å². The predicted molar refractivity (Wildman–Crippen MR) is 88.4 cm³/mol. The van der Waals surface area contributed by atoms with Crippen LogP contribution in [0.15, 0.2) is 36.4 Å². The highest BCUT2D eigenvalue weighted by atomic mass is 15.2. The fourth-order valence-corrected chi connectivity index (χ4v) is 3.27. The number of rotatable bonds is 4. The Hall–Kier alpha value is -1.45. The summed E-state index contributed by atoms with van der Waals surface area (Å²) in [5.41, 5.74) is 2.34. The van der Waals surface area contributed by atoms with E-state index in [0.29, 0.717) is 12.0 Å². The Labute approximate surface area is 127 Å². The van der Waals surface area contributed by atoms with Gasteiger partial charge in [0.05, 0.1) is 17.3 Å². The van der Waals surface area contributed by atoms with Crippen molar-refractivity contribution in [3.63, 3.8) is 0 Å². The predicted octanol–water partition coefficient (Wildman–Crippen LogP) is 3.23. The standard InChI is InChI=1S/C18H25N3/c1-3-14(2)18(21-12-10-19-11-13-21)17-9-8-15-6-4-5-7-16(15)20-17/h4-9,14,18-19H,3,10-13H2,1-2H3/t14?,18-/m0/s1. The average Bonchev–Trinajstić information content (AvgIpc) is 2.56. The average molecular weight is 283 g/mol. The second-order valence-corrected chi connectivity index (χ2v) is 6.05. The lowest BCUT2D eigenvalue weighted by molar-refractivity contribution is 0.125. The fraction of sp³-hybridized carbons (Fsp3) is 0.500. The molecule has 1 fully saturated rings. The zero-order valence-corrected chi connectivity index (χ0v) is 13.0. The third kappa shape index (κ3) is 3.09. The minimum atomic E-state index is 0.432. The molecule has 0 aliphatic carbocycles. The molecule has 0 bridgehead atoms. The van der Waals surface area contributed by atoms with Gasteiger partial charge >= 0.3 is 0 Å². The Morgan fingerprint density at radius 1 is 1.14 bits per heavy atom. The summed E-state index contributed by atoms with van der Waals surface area (Å²) in [7, 11) is 0. The summed E-state index contributed by atoms with van der Waals surface area (Å²) in [6.07, 6.45) is 1.18. The molecule has 1 aromatic carbocycles. The first-order valence-electron chi connectivity index (χ1n) is 8.10. The van der Waals surface area contributed by atoms with E-state index >= 15 is 0 Å². The van der Waals surface area contributed by atoms with Gasteiger partial charge in [-0.15, -0.1) is 0 Å². The van der Waals surface area contributed by atoms with Crippen LogP contribution in [0.3, 0.4) is 0 Å². The van der Waals surface area contributed by atoms with Crippen LogP contribution in [0.4, 0.5) is 0 Å². The maximum atomic E-state index is 4.96. The van der Waals surface area contributed by atoms with E-state index in [1.54, 1.807) is 0 Å². The minimum Gasteiger partial charge on any atom is -0.314 e. The Balaban J connectivity index is 1.96. The van der Waals surface area contributed by atoms with E-state index < -0.39 is 0 Å². The largest absolute Gasteiger partial charge is 0.314 e. The molecule has 3 nitrogen and oxygen atoms in total. The van der Waals surface area contributed by atoms with Crippen molar-refractivity contribution < 1.29 is 0 Å². The van der Waals surface area contributed by atoms with Gasteiger partial charge in [-0.2, -0.15) is 0 Å². The highest BCUT2D eigenvalue weighted by Crippen LogP contribution is 2.30. The molecule has 1 unspecified atom stereocenters. The molecule has 112 valence electrons. The van der Waals surface area contributed by atoms with Crippen molar-refractivity contribution in [1.29, 1.82) is 0 Å². The van der Waals surface area contributed by atoms with Crippen LogP contribution < -0.4 is 5.32 Å². The van der Waals surface area contributed by atoms with E-state index in [1.807, 2.05) is 0 Å². The van der Waals surface area contributed by atoms with Gasteiger partial charge in [0.15, 0.2) is 0 Å². The number of pyridine rings is 1. The number of para-hydroxylation sites is 1. The van der Waals surface area contributed by atoms with Gasteiger partial charge < -0.3 is 5.32 Å². The van der Waals surface area contributed by atoms with Gasteiger partial charge in [0.1, 0.15) is 0 Å². The second-order valence-electron chi connectivity index (χ2n) is 6.05. The van der Waals surface area contributed by atoms with Crippen molar-refractivity contribution in [3.05, 3.63) is 42.1 Å². The molecule has 3 heteroatoms. The van der Waals surface area contributed by atoms with E-state index in [2.05, 4.69) is 60.5 Å². The first-order chi connectivity index (χ1) is 10.3. The number of aromatic nitrogens is 1. The SMILES string of the molecule is CCC(C)[C@@H](c1ccc2ccccc2n1)N1CCNCC1. The summed E-state index contributed by atoms with van der Waals surface area (Å²) in [5, 5.41) is 4.67. The molecular weight excluding hydrogens is 258 g/mol. The number of hydrogen-bond donors (Lipinski definition) is 1. The Bertz CT molecular complexity index is 590. The monoisotopic (exact) mass is 283 g/mol. The van der Waals surface area contributed by atoms with E-state index in [1.165, 1.54) is 17.5 Å². The van der Waals surface area contributed by atoms with Crippen molar-refractivity contribution in [2.45, 2.75) is 26.3 Å². The number of hydrogen-bond acceptors (Lipinski definition) is 3. The quantitative estimate of drug-likeness (QED) is 0.934. The van der Waals surface area contributed by atoms with Crippen LogP contribution >= 0.6 is 0 Å². The molecule has 1 aromatic heterocycles. The zero-order chi connectivity index (χ0) is 14.7. The first kappa shape index (κ1) is 14.5. The summed E-state index contributed by atoms with van der Waals surface area (Å²) in [6, 6.07) is 13.3. The second kappa shape index (κ2) is 6.54. The van der Waals surface area contributed by atoms with Crippen LogP contribution in [-0.2, 0) is 0 Å². The van der Waals surface area contributed by atoms with Crippen LogP contribution in [0.2, 0.25) is 0 Å². The number of nitrogens with one attached hydrogen (secondary N) is 1. The van der Waals surface area contributed by atoms with Gasteiger partial charge in [-0.3, -0.25) is 9.88 Å². The maximum Gasteiger partial charge on any atom is 0.0706 e. The summed E-state index contributed by atoms with van der Waals surface area (Å²) < 4.78 is 0. The Kier molecular flexibility index (Phi) is 4.51. The first-order valence-corrected chi connectivity index (χ1v) is 8.10. The molecular formula is C18H25N3. The number of piperazine rings is 1. The molecule has 0 spiro atoms. The fourth-order valence-electron chi connectivity index (χ4n) is 3.27. The van der Waals surface area contributed by atoms with E-state index in [4.69, 9.17) is 4.98 Å². The maximum absolute atomic E-state index is 4.96. The zero-order valence-electron chi connectivity index (χ0n) is 13.0. The molecule has 0 radical (unpaired) electrons. The lowest BCUT2D eigenvalue weighted by Gasteiger charge is -2.37. The van der Waals surface area contributed by atoms with Gasteiger partial charge in [-0.25, -0.2) is 0 Å². The topological polar surface area (TPSA) is 28.2 Å². The van der Waals surface area contributed by atoms with Crippen molar-refractivity contribution in [2.24, 2.45) is 5.92 Å². The van der Waals surface area contributed by atoms with Crippen LogP contribution in [0.25, 0.3) is 10.9 Å². The normalized spacial score (nSPS) is 19.5. The smallest absolute Gasteiger partial charge is 0.0706 e. The lowest BCUT2D eigenvalue weighted by Crippen LogP contribution is -2.46. The number of benzene rings is 1. The summed E-state index contributed by atoms with van der Waals surface area (Å²) >= 11 is 0. The van der Waals surface area contributed by atoms with Gasteiger partial charge in [-0.1, -0.05) is 44.5 Å². The third-order valence-corrected chi connectivity index (χ3v) is 4.65. The van der Waals surface area contributed by atoms with Crippen molar-refractivity contribution in [2.75, 3.05) is 26.2 Å². The van der Waals surface area contributed by atoms with Crippen LogP contribution in [0, 0.1) is 5.92 Å². The van der Waals surface area contributed by atoms with Gasteiger partial charge in [-0.05, 0) is 18.1 Å². The van der Waals surface area contributed by atoms with Crippen molar-refractivity contribution in [3.8, 4) is 0 Å². The van der Waals surface area contributed by atoms with E-state index in [-0.39, 0.29) is 0 Å². The number of nitrogens with zero attached hydrogens (tertiary/aromatic N) is 2. The molecule has 2 atom stereocenters. The van der Waals surface area contributed by atoms with Gasteiger partial charge in [0.2, 0.25) is 0 Å². The highest BCUT2D eigenvalue weighted by Gasteiger charge is 2.27. The Morgan fingerprint density at radius 2 is 1.90 bits per heavy atom. The summed E-state index contributed by atoms with van der Waals surface area (Å²) in [5.74, 6) is 0.622. The summed E-state index contributed by atoms with van der Waals surface area (Å²) in [4.78, 5) is 7.56. The van der Waals surface area contributed by atoms with Crippen LogP contribution in [-0.4, -0.2) is 36.1 Å². The summed E-state index contributed by atoms with van der Waals surface area (Å²) in [6.45, 7) is 9.03. The molecule has 1 N–H and O–H groups in total. The number of fused-ring (bicyclic) bond motifs is 1. The molecule has 1 aliphatic rings. The van der Waals surface area contributed by atoms with Crippen LogP contribution in [0.5, 0.6) is 0 Å². The van der Waals surface area contributed by atoms with Crippen molar-refractivity contribution in [1.82, 2.24) is 15.2 Å². The van der Waals surface area contributed by atoms with Crippen molar-refractivity contribution >= 4 is 10.9 Å². The molecule has 1 saturated heterocycles. The molecule has 0 amide bonds. The van der Waals surface area contributed by atoms with Gasteiger partial charge in [0, 0.05) is 31.6 Å². The molecule has 1 aliphatic heterocycles. The molecule has 0 saturated carbocycles. The minimum absolute atomic E-state index is 0.432. The molecule has 2 heterocycles. The molecule has 3 rings (SSSR count). The van der Waals surface area contributed by atoms with E-state index in [0.717, 1.165) is 31.7 Å². The third-order valence-electron chi connectivity index (χ3n) is 4.65. The van der Waals surface area contributed by atoms with Gasteiger partial charge in [0.25, 0.3) is 0 Å².